The molecule has 0 unspecified atom stereocenters. The van der Waals surface area contributed by atoms with Crippen LogP contribution in [0.1, 0.15) is 26.7 Å². The number of allylic oxidation sites excluding steroid dienone is 1. The Labute approximate surface area is 88.4 Å². The molecule has 0 aromatic rings. The van der Waals surface area contributed by atoms with Gasteiger partial charge in [-0.2, -0.15) is 0 Å². The average molecular weight is 216 g/mol. The lowest BCUT2D eigenvalue weighted by Crippen LogP contribution is -2.36. The van der Waals surface area contributed by atoms with Gasteiger partial charge in [0.15, 0.2) is 0 Å². The van der Waals surface area contributed by atoms with E-state index in [4.69, 9.17) is 4.55 Å². The first-order chi connectivity index (χ1) is 6.69. The smallest absolute Gasteiger partial charge is 0.262 e. The molecule has 1 rings (SSSR count). The zero-order valence-electron chi connectivity index (χ0n) is 8.46. The molecule has 0 saturated heterocycles. The number of rotatable bonds is 3. The van der Waals surface area contributed by atoms with Crippen molar-refractivity contribution in [3.8, 4) is 0 Å². The van der Waals surface area contributed by atoms with Gasteiger partial charge in [-0.05, 0) is 13.3 Å². The van der Waals surface area contributed by atoms with E-state index in [9.17, 15) is 4.79 Å². The fourth-order valence-corrected chi connectivity index (χ4v) is 1.81. The van der Waals surface area contributed by atoms with Gasteiger partial charge in [-0.25, -0.2) is 0 Å². The molecule has 1 aliphatic heterocycles. The van der Waals surface area contributed by atoms with Crippen LogP contribution in [-0.4, -0.2) is 23.0 Å². The molecule has 80 valence electrons. The van der Waals surface area contributed by atoms with Crippen LogP contribution in [0.25, 0.3) is 0 Å². The molecule has 1 heterocycles. The molecule has 1 atom stereocenters. The summed E-state index contributed by atoms with van der Waals surface area (Å²) in [4.78, 5) is 12.0. The molecule has 1 aliphatic rings. The highest BCUT2D eigenvalue weighted by atomic mass is 32.2. The number of carbonyl (C=O) groups is 1. The van der Waals surface area contributed by atoms with Crippen LogP contribution < -0.4 is 10.6 Å². The minimum Gasteiger partial charge on any atom is -0.385 e. The maximum absolute atomic E-state index is 11.6. The highest BCUT2D eigenvalue weighted by Crippen LogP contribution is 2.20. The van der Waals surface area contributed by atoms with E-state index >= 15 is 0 Å². The molecule has 4 nitrogen and oxygen atoms in total. The molecule has 0 spiro atoms. The molecule has 3 N–H and O–H groups in total. The Morgan fingerprint density at radius 2 is 2.36 bits per heavy atom. The Morgan fingerprint density at radius 3 is 2.93 bits per heavy atom. The molecule has 0 aliphatic carbocycles. The molecule has 14 heavy (non-hydrogen) atoms. The Bertz CT molecular complexity index is 253. The van der Waals surface area contributed by atoms with E-state index in [1.807, 2.05) is 13.8 Å². The first-order valence-corrected chi connectivity index (χ1v) is 5.55. The SMILES string of the molecule is CCCC1=C(SO)C(=O)N[C@H](C)CN1. The second kappa shape index (κ2) is 5.26. The molecule has 0 radical (unpaired) electrons. The number of nitrogens with one attached hydrogen (secondary N) is 2. The van der Waals surface area contributed by atoms with Gasteiger partial charge >= 0.3 is 0 Å². The summed E-state index contributed by atoms with van der Waals surface area (Å²) in [6, 6.07) is 0.0963. The molecule has 5 heteroatoms. The quantitative estimate of drug-likeness (QED) is 0.623. The standard InChI is InChI=1S/C9H16N2O2S/c1-3-4-7-8(14-13)9(12)11-6(2)5-10-7/h6,10,13H,3-5H2,1-2H3,(H,11,12)/t6-/m1/s1. The van der Waals surface area contributed by atoms with Gasteiger partial charge in [0.1, 0.15) is 4.91 Å². The zero-order chi connectivity index (χ0) is 10.6. The van der Waals surface area contributed by atoms with Crippen molar-refractivity contribution >= 4 is 17.9 Å². The van der Waals surface area contributed by atoms with Crippen LogP contribution in [0.15, 0.2) is 10.6 Å². The Hall–Kier alpha value is -0.680. The van der Waals surface area contributed by atoms with E-state index in [-0.39, 0.29) is 11.9 Å². The molecular formula is C9H16N2O2S. The molecule has 0 bridgehead atoms. The topological polar surface area (TPSA) is 61.4 Å². The second-order valence-corrected chi connectivity index (χ2v) is 4.00. The summed E-state index contributed by atoms with van der Waals surface area (Å²) in [5, 5.41) is 5.97. The van der Waals surface area contributed by atoms with E-state index in [1.165, 1.54) is 0 Å². The minimum absolute atomic E-state index is 0.0963. The summed E-state index contributed by atoms with van der Waals surface area (Å²) in [6.07, 6.45) is 1.75. The van der Waals surface area contributed by atoms with Crippen LogP contribution in [-0.2, 0) is 4.79 Å². The van der Waals surface area contributed by atoms with Crippen molar-refractivity contribution in [1.82, 2.24) is 10.6 Å². The lowest BCUT2D eigenvalue weighted by molar-refractivity contribution is -0.117. The molecule has 0 saturated carbocycles. The summed E-state index contributed by atoms with van der Waals surface area (Å²) in [5.41, 5.74) is 0.849. The van der Waals surface area contributed by atoms with Gasteiger partial charge in [0.25, 0.3) is 5.91 Å². The molecule has 1 amide bonds. The lowest BCUT2D eigenvalue weighted by atomic mass is 10.2. The summed E-state index contributed by atoms with van der Waals surface area (Å²) in [5.74, 6) is -0.182. The second-order valence-electron chi connectivity index (χ2n) is 3.40. The predicted octanol–water partition coefficient (Wildman–Crippen LogP) is 1.31. The van der Waals surface area contributed by atoms with Crippen LogP contribution in [0.5, 0.6) is 0 Å². The Morgan fingerprint density at radius 1 is 1.64 bits per heavy atom. The average Bonchev–Trinajstić information content (AvgIpc) is 2.26. The maximum atomic E-state index is 11.6. The fourth-order valence-electron chi connectivity index (χ4n) is 1.38. The first-order valence-electron chi connectivity index (χ1n) is 4.78. The number of amides is 1. The molecule has 0 fully saturated rings. The van der Waals surface area contributed by atoms with Crippen molar-refractivity contribution in [3.63, 3.8) is 0 Å². The van der Waals surface area contributed by atoms with Crippen molar-refractivity contribution in [2.45, 2.75) is 32.7 Å². The van der Waals surface area contributed by atoms with Crippen molar-refractivity contribution in [2.24, 2.45) is 0 Å². The highest BCUT2D eigenvalue weighted by Gasteiger charge is 2.21. The Kier molecular flexibility index (Phi) is 4.28. The van der Waals surface area contributed by atoms with E-state index in [0.29, 0.717) is 23.5 Å². The van der Waals surface area contributed by atoms with Gasteiger partial charge in [0, 0.05) is 30.3 Å². The fraction of sp³-hybridized carbons (Fsp3) is 0.667. The summed E-state index contributed by atoms with van der Waals surface area (Å²) < 4.78 is 9.03. The molecule has 0 aromatic heterocycles. The largest absolute Gasteiger partial charge is 0.385 e. The van der Waals surface area contributed by atoms with Gasteiger partial charge in [0.05, 0.1) is 0 Å². The van der Waals surface area contributed by atoms with Gasteiger partial charge in [0.2, 0.25) is 0 Å². The normalized spacial score (nSPS) is 22.8. The van der Waals surface area contributed by atoms with E-state index in [2.05, 4.69) is 10.6 Å². The van der Waals surface area contributed by atoms with Crippen molar-refractivity contribution in [3.05, 3.63) is 10.6 Å². The number of hydrogen-bond donors (Lipinski definition) is 3. The van der Waals surface area contributed by atoms with Crippen LogP contribution >= 0.6 is 12.0 Å². The van der Waals surface area contributed by atoms with Crippen LogP contribution in [0.2, 0.25) is 0 Å². The highest BCUT2D eigenvalue weighted by molar-refractivity contribution is 7.98. The van der Waals surface area contributed by atoms with Crippen molar-refractivity contribution < 1.29 is 9.35 Å². The van der Waals surface area contributed by atoms with Gasteiger partial charge < -0.3 is 15.2 Å². The summed E-state index contributed by atoms with van der Waals surface area (Å²) in [6.45, 7) is 4.69. The maximum Gasteiger partial charge on any atom is 0.262 e. The van der Waals surface area contributed by atoms with Crippen molar-refractivity contribution in [2.75, 3.05) is 6.54 Å². The predicted molar refractivity (Wildman–Crippen MR) is 57.8 cm³/mol. The van der Waals surface area contributed by atoms with Crippen molar-refractivity contribution in [1.29, 1.82) is 0 Å². The van der Waals surface area contributed by atoms with Crippen LogP contribution in [0.4, 0.5) is 0 Å². The zero-order valence-corrected chi connectivity index (χ0v) is 9.28. The third-order valence-corrected chi connectivity index (χ3v) is 2.69. The third kappa shape index (κ3) is 2.65. The molecule has 0 aromatic carbocycles. The van der Waals surface area contributed by atoms with Gasteiger partial charge in [-0.1, -0.05) is 13.3 Å². The van der Waals surface area contributed by atoms with Gasteiger partial charge in [-0.15, -0.1) is 0 Å². The minimum atomic E-state index is -0.182. The van der Waals surface area contributed by atoms with Crippen LogP contribution in [0.3, 0.4) is 0 Å². The van der Waals surface area contributed by atoms with Crippen LogP contribution in [0, 0.1) is 0 Å². The van der Waals surface area contributed by atoms with E-state index in [0.717, 1.165) is 18.5 Å². The van der Waals surface area contributed by atoms with E-state index in [1.54, 1.807) is 0 Å². The summed E-state index contributed by atoms with van der Waals surface area (Å²) in [7, 11) is 0. The molecular weight excluding hydrogens is 200 g/mol. The monoisotopic (exact) mass is 216 g/mol. The Balaban J connectivity index is 2.85. The summed E-state index contributed by atoms with van der Waals surface area (Å²) >= 11 is 0.522. The number of hydrogen-bond acceptors (Lipinski definition) is 4. The third-order valence-electron chi connectivity index (χ3n) is 2.07. The number of carbonyl (C=O) groups excluding carboxylic acids is 1. The lowest BCUT2D eigenvalue weighted by Gasteiger charge is -2.10. The first kappa shape index (κ1) is 11.4. The van der Waals surface area contributed by atoms with Gasteiger partial charge in [-0.3, -0.25) is 4.79 Å². The van der Waals surface area contributed by atoms with E-state index < -0.39 is 0 Å².